The van der Waals surface area contributed by atoms with Gasteiger partial charge in [0.2, 0.25) is 0 Å². The number of hydrogen-bond acceptors (Lipinski definition) is 3. The van der Waals surface area contributed by atoms with E-state index in [0.717, 1.165) is 0 Å². The predicted molar refractivity (Wildman–Crippen MR) is 103 cm³/mol. The highest BCUT2D eigenvalue weighted by Gasteiger charge is 2.43. The third-order valence-corrected chi connectivity index (χ3v) is 5.60. The van der Waals surface area contributed by atoms with E-state index in [9.17, 15) is 4.79 Å². The van der Waals surface area contributed by atoms with E-state index in [1.165, 1.54) is 34.9 Å². The highest BCUT2D eigenvalue weighted by molar-refractivity contribution is 5.87. The fourth-order valence-corrected chi connectivity index (χ4v) is 4.50. The van der Waals surface area contributed by atoms with Gasteiger partial charge in [0.15, 0.2) is 6.39 Å². The minimum Gasteiger partial charge on any atom is -0.452 e. The lowest BCUT2D eigenvalue weighted by molar-refractivity contribution is -0.123. The van der Waals surface area contributed by atoms with Crippen molar-refractivity contribution in [3.8, 4) is 0 Å². The van der Waals surface area contributed by atoms with Crippen LogP contribution in [0.3, 0.4) is 0 Å². The van der Waals surface area contributed by atoms with Crippen LogP contribution in [0, 0.1) is 17.3 Å². The monoisotopic (exact) mass is 345 g/mol. The molecular weight excluding hydrogens is 322 g/mol. The summed E-state index contributed by atoms with van der Waals surface area (Å²) >= 11 is 0. The van der Waals surface area contributed by atoms with Crippen molar-refractivity contribution in [2.24, 2.45) is 17.3 Å². The van der Waals surface area contributed by atoms with E-state index >= 15 is 0 Å². The Kier molecular flexibility index (Phi) is 4.23. The number of aromatic nitrogens is 1. The van der Waals surface area contributed by atoms with Gasteiger partial charge in [0, 0.05) is 18.8 Å². The van der Waals surface area contributed by atoms with Gasteiger partial charge in [-0.3, -0.25) is 4.79 Å². The highest BCUT2D eigenvalue weighted by Crippen LogP contribution is 2.52. The van der Waals surface area contributed by atoms with Crippen LogP contribution in [-0.4, -0.2) is 10.8 Å². The van der Waals surface area contributed by atoms with Gasteiger partial charge < -0.3 is 4.42 Å². The normalized spacial score (nSPS) is 24.9. The number of benzene rings is 1. The molecule has 3 aliphatic carbocycles. The number of rotatable bonds is 0. The second-order valence-electron chi connectivity index (χ2n) is 7.80. The number of nitrogens with zero attached hydrogens (tertiary/aromatic N) is 1. The predicted octanol–water partition coefficient (Wildman–Crippen LogP) is 5.33. The van der Waals surface area contributed by atoms with Crippen molar-refractivity contribution in [3.05, 3.63) is 78.0 Å². The maximum atomic E-state index is 12.2. The van der Waals surface area contributed by atoms with Gasteiger partial charge in [0.05, 0.1) is 6.20 Å². The van der Waals surface area contributed by atoms with Gasteiger partial charge in [0.1, 0.15) is 12.0 Å². The average molecular weight is 345 g/mol. The molecule has 0 saturated heterocycles. The standard InChI is InChI=1S/C20H20O.C3H3NO/c1-20(2)12-14(21)11-18-17-8-7-13-5-3-4-6-15(13)16(17)9-10-19(18)20;1-2-5-3-4-1/h3-10,17-18H,11-12H2,1-2H3;1-3H/t17?,18-;/m1./s1. The second-order valence-corrected chi connectivity index (χ2v) is 7.80. The van der Waals surface area contributed by atoms with E-state index < -0.39 is 0 Å². The topological polar surface area (TPSA) is 43.1 Å². The number of Topliss-reactive ketones (excluding diaryl/α,β-unsaturated/α-hetero) is 1. The molecule has 1 saturated carbocycles. The Morgan fingerprint density at radius 1 is 1.19 bits per heavy atom. The van der Waals surface area contributed by atoms with Crippen molar-refractivity contribution in [1.82, 2.24) is 4.98 Å². The minimum atomic E-state index is 0.00678. The summed E-state index contributed by atoms with van der Waals surface area (Å²) < 4.78 is 4.47. The van der Waals surface area contributed by atoms with Crippen LogP contribution in [0.25, 0.3) is 11.6 Å². The smallest absolute Gasteiger partial charge is 0.180 e. The lowest BCUT2D eigenvalue weighted by atomic mass is 9.59. The van der Waals surface area contributed by atoms with Gasteiger partial charge in [-0.1, -0.05) is 68.0 Å². The Morgan fingerprint density at radius 2 is 2.04 bits per heavy atom. The van der Waals surface area contributed by atoms with Crippen LogP contribution >= 0.6 is 0 Å². The van der Waals surface area contributed by atoms with Gasteiger partial charge in [0.25, 0.3) is 0 Å². The number of hydrogen-bond donors (Lipinski definition) is 0. The molecule has 0 radical (unpaired) electrons. The summed E-state index contributed by atoms with van der Waals surface area (Å²) in [5, 5.41) is 0. The summed E-state index contributed by atoms with van der Waals surface area (Å²) in [5.41, 5.74) is 5.47. The van der Waals surface area contributed by atoms with E-state index in [2.05, 4.69) is 71.8 Å². The third-order valence-electron chi connectivity index (χ3n) is 5.60. The first-order valence-electron chi connectivity index (χ1n) is 9.10. The largest absolute Gasteiger partial charge is 0.452 e. The van der Waals surface area contributed by atoms with Gasteiger partial charge >= 0.3 is 0 Å². The fourth-order valence-electron chi connectivity index (χ4n) is 4.50. The van der Waals surface area contributed by atoms with Gasteiger partial charge in [-0.15, -0.1) is 0 Å². The molecule has 132 valence electrons. The van der Waals surface area contributed by atoms with Crippen molar-refractivity contribution >= 4 is 17.4 Å². The summed E-state index contributed by atoms with van der Waals surface area (Å²) in [6, 6.07) is 8.55. The second kappa shape index (κ2) is 6.56. The van der Waals surface area contributed by atoms with Crippen molar-refractivity contribution in [2.45, 2.75) is 26.7 Å². The zero-order valence-electron chi connectivity index (χ0n) is 15.2. The molecule has 3 nitrogen and oxygen atoms in total. The van der Waals surface area contributed by atoms with E-state index in [1.807, 2.05) is 0 Å². The number of oxazole rings is 1. The Balaban J connectivity index is 0.000000292. The van der Waals surface area contributed by atoms with Crippen LogP contribution in [0.15, 0.2) is 71.3 Å². The molecule has 26 heavy (non-hydrogen) atoms. The fraction of sp³-hybridized carbons (Fsp3) is 0.304. The summed E-state index contributed by atoms with van der Waals surface area (Å²) in [6.45, 7) is 4.42. The maximum absolute atomic E-state index is 12.2. The Labute approximate surface area is 154 Å². The summed E-state index contributed by atoms with van der Waals surface area (Å²) in [7, 11) is 0. The molecule has 0 N–H and O–H groups in total. The van der Waals surface area contributed by atoms with Crippen LogP contribution in [-0.2, 0) is 4.79 Å². The number of allylic oxidation sites excluding steroid dienone is 5. The van der Waals surface area contributed by atoms with Crippen LogP contribution < -0.4 is 0 Å². The average Bonchev–Trinajstić information content (AvgIpc) is 3.20. The van der Waals surface area contributed by atoms with Crippen LogP contribution in [0.2, 0.25) is 0 Å². The molecule has 5 rings (SSSR count). The number of ketones is 1. The molecule has 0 bridgehead atoms. The third kappa shape index (κ3) is 2.98. The number of carbonyl (C=O) groups excluding carboxylic acids is 1. The van der Waals surface area contributed by atoms with Gasteiger partial charge in [-0.05, 0) is 28.0 Å². The molecule has 2 aromatic rings. The van der Waals surface area contributed by atoms with Crippen LogP contribution in [0.5, 0.6) is 0 Å². The van der Waals surface area contributed by atoms with E-state index in [-0.39, 0.29) is 5.41 Å². The minimum absolute atomic E-state index is 0.00678. The lowest BCUT2D eigenvalue weighted by Gasteiger charge is -2.44. The quantitative estimate of drug-likeness (QED) is 0.648. The van der Waals surface area contributed by atoms with Gasteiger partial charge in [-0.2, -0.15) is 0 Å². The molecule has 1 unspecified atom stereocenters. The molecule has 0 aliphatic heterocycles. The van der Waals surface area contributed by atoms with Crippen molar-refractivity contribution in [3.63, 3.8) is 0 Å². The molecule has 1 fully saturated rings. The Bertz CT molecular complexity index is 883. The SMILES string of the molecule is CC1(C)CC(=O)C[C@H]2C1=CC=C1c3ccccc3C=CC12.c1cocn1. The van der Waals surface area contributed by atoms with Gasteiger partial charge in [-0.25, -0.2) is 4.98 Å². The Morgan fingerprint density at radius 3 is 2.77 bits per heavy atom. The molecule has 2 atom stereocenters. The molecule has 1 aromatic carbocycles. The Hall–Kier alpha value is -2.68. The first-order chi connectivity index (χ1) is 12.6. The molecule has 0 amide bonds. The zero-order chi connectivity index (χ0) is 18.1. The maximum Gasteiger partial charge on any atom is 0.180 e. The van der Waals surface area contributed by atoms with Crippen molar-refractivity contribution in [1.29, 1.82) is 0 Å². The van der Waals surface area contributed by atoms with Crippen molar-refractivity contribution in [2.75, 3.05) is 0 Å². The first-order valence-corrected chi connectivity index (χ1v) is 9.10. The zero-order valence-corrected chi connectivity index (χ0v) is 15.2. The number of carbonyl (C=O) groups is 1. The number of fused-ring (bicyclic) bond motifs is 5. The highest BCUT2D eigenvalue weighted by atomic mass is 16.3. The van der Waals surface area contributed by atoms with E-state index in [1.54, 1.807) is 6.20 Å². The lowest BCUT2D eigenvalue weighted by Crippen LogP contribution is -2.37. The molecule has 3 aliphatic rings. The molecule has 0 spiro atoms. The molecule has 1 aromatic heterocycles. The van der Waals surface area contributed by atoms with Crippen LogP contribution in [0.1, 0.15) is 37.8 Å². The molecule has 1 heterocycles. The first kappa shape index (κ1) is 16.8. The summed E-state index contributed by atoms with van der Waals surface area (Å²) in [4.78, 5) is 15.7. The van der Waals surface area contributed by atoms with E-state index in [0.29, 0.717) is 30.5 Å². The van der Waals surface area contributed by atoms with E-state index in [4.69, 9.17) is 0 Å². The molecular formula is C23H23NO2. The van der Waals surface area contributed by atoms with Crippen molar-refractivity contribution < 1.29 is 9.21 Å². The molecule has 3 heteroatoms. The summed E-state index contributed by atoms with van der Waals surface area (Å²) in [6.07, 6.45) is 15.0. The summed E-state index contributed by atoms with van der Waals surface area (Å²) in [5.74, 6) is 1.13. The van der Waals surface area contributed by atoms with Crippen LogP contribution in [0.4, 0.5) is 0 Å².